The number of carbonyl (C=O) groups is 1. The number of nitrogens with two attached hydrogens (primary N) is 1. The van der Waals surface area contributed by atoms with Crippen molar-refractivity contribution in [3.8, 4) is 0 Å². The van der Waals surface area contributed by atoms with E-state index < -0.39 is 6.04 Å². The van der Waals surface area contributed by atoms with Crippen LogP contribution in [0.15, 0.2) is 18.2 Å². The van der Waals surface area contributed by atoms with Gasteiger partial charge in [0.1, 0.15) is 0 Å². The molecule has 1 atom stereocenters. The second kappa shape index (κ2) is 9.26. The van der Waals surface area contributed by atoms with Crippen molar-refractivity contribution in [2.75, 3.05) is 11.9 Å². The first-order chi connectivity index (χ1) is 9.15. The Balaban J connectivity index is 0.00000200. The van der Waals surface area contributed by atoms with Crippen molar-refractivity contribution in [2.45, 2.75) is 45.8 Å². The van der Waals surface area contributed by atoms with Crippen molar-refractivity contribution >= 4 is 36.4 Å². The Labute approximate surface area is 139 Å². The molecule has 3 N–H and O–H groups in total. The van der Waals surface area contributed by atoms with Crippen LogP contribution in [-0.4, -0.2) is 23.4 Å². The molecule has 2 rings (SSSR count). The van der Waals surface area contributed by atoms with Crippen molar-refractivity contribution in [1.82, 2.24) is 4.90 Å². The number of hydrogen-bond acceptors (Lipinski definition) is 3. The summed E-state index contributed by atoms with van der Waals surface area (Å²) in [5.41, 5.74) is 9.24. The summed E-state index contributed by atoms with van der Waals surface area (Å²) in [6.07, 6.45) is 1.80. The molecule has 1 amide bonds. The van der Waals surface area contributed by atoms with Crippen LogP contribution < -0.4 is 11.1 Å². The quantitative estimate of drug-likeness (QED) is 0.870. The number of hydrogen-bond donors (Lipinski definition) is 2. The van der Waals surface area contributed by atoms with E-state index in [1.54, 1.807) is 0 Å². The Morgan fingerprint density at radius 2 is 2.05 bits per heavy atom. The van der Waals surface area contributed by atoms with Crippen molar-refractivity contribution in [1.29, 1.82) is 0 Å². The lowest BCUT2D eigenvalue weighted by atomic mass is 10.1. The van der Waals surface area contributed by atoms with E-state index in [0.29, 0.717) is 6.42 Å². The average Bonchev–Trinajstić information content (AvgIpc) is 2.81. The Morgan fingerprint density at radius 1 is 1.33 bits per heavy atom. The molecule has 0 bridgehead atoms. The number of fused-ring (bicyclic) bond motifs is 1. The van der Waals surface area contributed by atoms with Gasteiger partial charge in [0.2, 0.25) is 5.91 Å². The molecule has 0 unspecified atom stereocenters. The second-order valence-corrected chi connectivity index (χ2v) is 5.16. The number of carbonyl (C=O) groups excluding carboxylic acids is 1. The normalized spacial score (nSPS) is 14.6. The summed E-state index contributed by atoms with van der Waals surface area (Å²) >= 11 is 0. The topological polar surface area (TPSA) is 58.4 Å². The minimum atomic E-state index is -0.427. The van der Waals surface area contributed by atoms with Gasteiger partial charge in [-0.15, -0.1) is 24.8 Å². The average molecular weight is 334 g/mol. The molecule has 1 aliphatic heterocycles. The second-order valence-electron chi connectivity index (χ2n) is 5.16. The van der Waals surface area contributed by atoms with E-state index in [1.165, 1.54) is 11.1 Å². The molecule has 1 aromatic carbocycles. The fourth-order valence-corrected chi connectivity index (χ4v) is 2.49. The molecule has 0 radical (unpaired) electrons. The van der Waals surface area contributed by atoms with Crippen LogP contribution >= 0.6 is 24.8 Å². The predicted octanol–water partition coefficient (Wildman–Crippen LogP) is 2.93. The number of nitrogens with one attached hydrogen (secondary N) is 1. The summed E-state index contributed by atoms with van der Waals surface area (Å²) in [4.78, 5) is 14.3. The molecule has 21 heavy (non-hydrogen) atoms. The monoisotopic (exact) mass is 333 g/mol. The number of rotatable bonds is 5. The SMILES string of the molecule is CCCN1Cc2cccc(NC(=O)[C@@H](N)CC)c2C1.Cl.Cl. The molecule has 0 fully saturated rings. The highest BCUT2D eigenvalue weighted by Crippen LogP contribution is 2.29. The summed E-state index contributed by atoms with van der Waals surface area (Å²) in [6.45, 7) is 7.10. The van der Waals surface area contributed by atoms with Crippen LogP contribution in [0.5, 0.6) is 0 Å². The molecule has 0 aromatic heterocycles. The van der Waals surface area contributed by atoms with Gasteiger partial charge in [-0.3, -0.25) is 9.69 Å². The largest absolute Gasteiger partial charge is 0.324 e. The summed E-state index contributed by atoms with van der Waals surface area (Å²) in [6, 6.07) is 5.68. The molecule has 0 aliphatic carbocycles. The molecule has 4 nitrogen and oxygen atoms in total. The minimum Gasteiger partial charge on any atom is -0.324 e. The first-order valence-electron chi connectivity index (χ1n) is 7.05. The third-order valence-electron chi connectivity index (χ3n) is 3.62. The number of amides is 1. The van der Waals surface area contributed by atoms with Gasteiger partial charge in [-0.25, -0.2) is 0 Å². The van der Waals surface area contributed by atoms with E-state index >= 15 is 0 Å². The van der Waals surface area contributed by atoms with Gasteiger partial charge in [0.15, 0.2) is 0 Å². The lowest BCUT2D eigenvalue weighted by molar-refractivity contribution is -0.117. The van der Waals surface area contributed by atoms with Gasteiger partial charge in [-0.05, 0) is 36.6 Å². The van der Waals surface area contributed by atoms with Crippen molar-refractivity contribution in [2.24, 2.45) is 5.73 Å². The van der Waals surface area contributed by atoms with Crippen LogP contribution in [0.4, 0.5) is 5.69 Å². The smallest absolute Gasteiger partial charge is 0.241 e. The maximum absolute atomic E-state index is 11.9. The predicted molar refractivity (Wildman–Crippen MR) is 92.2 cm³/mol. The Bertz CT molecular complexity index is 468. The molecule has 1 aromatic rings. The van der Waals surface area contributed by atoms with Gasteiger partial charge in [-0.2, -0.15) is 0 Å². The highest BCUT2D eigenvalue weighted by molar-refractivity contribution is 5.95. The molecule has 1 aliphatic rings. The van der Waals surface area contributed by atoms with E-state index in [9.17, 15) is 4.79 Å². The molecule has 6 heteroatoms. The van der Waals surface area contributed by atoms with Crippen molar-refractivity contribution in [3.63, 3.8) is 0 Å². The van der Waals surface area contributed by atoms with Gasteiger partial charge in [0.25, 0.3) is 0 Å². The molecule has 0 spiro atoms. The lowest BCUT2D eigenvalue weighted by Crippen LogP contribution is -2.35. The van der Waals surface area contributed by atoms with E-state index in [-0.39, 0.29) is 30.7 Å². The van der Waals surface area contributed by atoms with Crippen molar-refractivity contribution < 1.29 is 4.79 Å². The fourth-order valence-electron chi connectivity index (χ4n) is 2.49. The Hall–Kier alpha value is -0.810. The summed E-state index contributed by atoms with van der Waals surface area (Å²) < 4.78 is 0. The summed E-state index contributed by atoms with van der Waals surface area (Å²) in [7, 11) is 0. The van der Waals surface area contributed by atoms with Gasteiger partial charge in [0.05, 0.1) is 6.04 Å². The molecule has 0 saturated carbocycles. The number of anilines is 1. The minimum absolute atomic E-state index is 0. The number of nitrogens with zero attached hydrogens (tertiary/aromatic N) is 1. The number of halogens is 2. The molecular weight excluding hydrogens is 309 g/mol. The highest BCUT2D eigenvalue weighted by atomic mass is 35.5. The maximum Gasteiger partial charge on any atom is 0.241 e. The molecule has 120 valence electrons. The molecule has 1 heterocycles. The van der Waals surface area contributed by atoms with Crippen LogP contribution in [0.1, 0.15) is 37.8 Å². The van der Waals surface area contributed by atoms with Gasteiger partial charge < -0.3 is 11.1 Å². The van der Waals surface area contributed by atoms with E-state index in [4.69, 9.17) is 5.73 Å². The zero-order valence-electron chi connectivity index (χ0n) is 12.6. The van der Waals surface area contributed by atoms with Crippen LogP contribution in [-0.2, 0) is 17.9 Å². The van der Waals surface area contributed by atoms with Gasteiger partial charge in [-0.1, -0.05) is 26.0 Å². The highest BCUT2D eigenvalue weighted by Gasteiger charge is 2.22. The Kier molecular flexibility index (Phi) is 8.90. The van der Waals surface area contributed by atoms with Crippen molar-refractivity contribution in [3.05, 3.63) is 29.3 Å². The summed E-state index contributed by atoms with van der Waals surface area (Å²) in [5.74, 6) is -0.0927. The van der Waals surface area contributed by atoms with E-state index in [1.807, 2.05) is 19.1 Å². The van der Waals surface area contributed by atoms with Crippen LogP contribution in [0.25, 0.3) is 0 Å². The van der Waals surface area contributed by atoms with E-state index in [0.717, 1.165) is 31.7 Å². The lowest BCUT2D eigenvalue weighted by Gasteiger charge is -2.14. The number of benzene rings is 1. The molecule has 0 saturated heterocycles. The maximum atomic E-state index is 11.9. The standard InChI is InChI=1S/C15H23N3O.2ClH/c1-3-8-18-9-11-6-5-7-14(12(11)10-18)17-15(19)13(16)4-2;;/h5-7,13H,3-4,8-10,16H2,1-2H3,(H,17,19);2*1H/t13-;;/m0../s1. The fraction of sp³-hybridized carbons (Fsp3) is 0.533. The first kappa shape index (κ1) is 20.2. The van der Waals surface area contributed by atoms with Gasteiger partial charge >= 0.3 is 0 Å². The summed E-state index contributed by atoms with van der Waals surface area (Å²) in [5, 5.41) is 2.97. The van der Waals surface area contributed by atoms with Crippen LogP contribution in [0.3, 0.4) is 0 Å². The first-order valence-corrected chi connectivity index (χ1v) is 7.05. The Morgan fingerprint density at radius 3 is 2.67 bits per heavy atom. The molecular formula is C15H25Cl2N3O. The van der Waals surface area contributed by atoms with Crippen LogP contribution in [0, 0.1) is 0 Å². The van der Waals surface area contributed by atoms with Gasteiger partial charge in [0, 0.05) is 18.8 Å². The zero-order valence-corrected chi connectivity index (χ0v) is 14.2. The van der Waals surface area contributed by atoms with Crippen LogP contribution in [0.2, 0.25) is 0 Å². The third kappa shape index (κ3) is 4.85. The zero-order chi connectivity index (χ0) is 13.8. The van der Waals surface area contributed by atoms with E-state index in [2.05, 4.69) is 23.2 Å². The third-order valence-corrected chi connectivity index (χ3v) is 3.62.